The quantitative estimate of drug-likeness (QED) is 0.733. The first-order valence-corrected chi connectivity index (χ1v) is 9.10. The van der Waals surface area contributed by atoms with E-state index in [1.165, 1.54) is 7.11 Å². The van der Waals surface area contributed by atoms with Crippen molar-refractivity contribution in [1.82, 2.24) is 5.32 Å². The van der Waals surface area contributed by atoms with E-state index >= 15 is 0 Å². The van der Waals surface area contributed by atoms with E-state index in [0.717, 1.165) is 11.1 Å². The van der Waals surface area contributed by atoms with Gasteiger partial charge in [0.2, 0.25) is 0 Å². The molecule has 28 heavy (non-hydrogen) atoms. The molecule has 0 heterocycles. The van der Waals surface area contributed by atoms with E-state index in [2.05, 4.69) is 5.32 Å². The molecule has 0 saturated heterocycles. The summed E-state index contributed by atoms with van der Waals surface area (Å²) in [4.78, 5) is 24.1. The molecule has 0 spiro atoms. The monoisotopic (exact) mass is 385 g/mol. The minimum Gasteiger partial charge on any atom is -0.489 e. The van der Waals surface area contributed by atoms with E-state index in [9.17, 15) is 9.59 Å². The van der Waals surface area contributed by atoms with Crippen LogP contribution in [0, 0.1) is 0 Å². The van der Waals surface area contributed by atoms with Crippen LogP contribution in [0.1, 0.15) is 31.9 Å². The van der Waals surface area contributed by atoms with Crippen LogP contribution in [0.2, 0.25) is 0 Å². The number of amides is 1. The first-order valence-electron chi connectivity index (χ1n) is 9.10. The summed E-state index contributed by atoms with van der Waals surface area (Å²) in [7, 11) is 1.28. The molecule has 1 amide bonds. The Hall–Kier alpha value is -3.02. The number of ether oxygens (including phenoxy) is 3. The highest BCUT2D eigenvalue weighted by Crippen LogP contribution is 2.17. The molecule has 0 radical (unpaired) electrons. The van der Waals surface area contributed by atoms with Gasteiger partial charge in [-0.2, -0.15) is 0 Å². The molecule has 150 valence electrons. The van der Waals surface area contributed by atoms with Crippen LogP contribution in [-0.4, -0.2) is 30.8 Å². The number of carbonyl (C=O) groups excluding carboxylic acids is 2. The molecule has 0 bridgehead atoms. The molecule has 0 aromatic heterocycles. The topological polar surface area (TPSA) is 73.9 Å². The summed E-state index contributed by atoms with van der Waals surface area (Å²) in [5.74, 6) is 0.142. The number of benzene rings is 2. The molecule has 6 nitrogen and oxygen atoms in total. The van der Waals surface area contributed by atoms with Gasteiger partial charge < -0.3 is 19.5 Å². The van der Waals surface area contributed by atoms with Crippen molar-refractivity contribution in [1.29, 1.82) is 0 Å². The molecule has 0 fully saturated rings. The van der Waals surface area contributed by atoms with Gasteiger partial charge in [-0.05, 0) is 44.0 Å². The lowest BCUT2D eigenvalue weighted by Crippen LogP contribution is -2.45. The van der Waals surface area contributed by atoms with E-state index in [-0.39, 0.29) is 6.42 Å². The Morgan fingerprint density at radius 3 is 2.32 bits per heavy atom. The van der Waals surface area contributed by atoms with Crippen molar-refractivity contribution in [3.05, 3.63) is 65.7 Å². The fourth-order valence-electron chi connectivity index (χ4n) is 2.52. The molecular formula is C22H27NO5. The van der Waals surface area contributed by atoms with Crippen molar-refractivity contribution in [2.45, 2.75) is 45.4 Å². The van der Waals surface area contributed by atoms with Gasteiger partial charge in [-0.15, -0.1) is 0 Å². The molecule has 0 aliphatic heterocycles. The largest absolute Gasteiger partial charge is 0.489 e. The fraction of sp³-hybridized carbons (Fsp3) is 0.364. The van der Waals surface area contributed by atoms with Gasteiger partial charge in [0.15, 0.2) is 0 Å². The van der Waals surface area contributed by atoms with Gasteiger partial charge in [-0.1, -0.05) is 42.5 Å². The molecule has 2 aromatic rings. The second-order valence-electron chi connectivity index (χ2n) is 7.35. The Morgan fingerprint density at radius 2 is 1.68 bits per heavy atom. The Bertz CT molecular complexity index is 783. The lowest BCUT2D eigenvalue weighted by molar-refractivity contribution is -0.143. The Labute approximate surface area is 165 Å². The van der Waals surface area contributed by atoms with E-state index in [1.807, 2.05) is 54.6 Å². The number of hydrogen-bond donors (Lipinski definition) is 1. The Kier molecular flexibility index (Phi) is 7.44. The van der Waals surface area contributed by atoms with Crippen molar-refractivity contribution in [2.24, 2.45) is 0 Å². The molecule has 2 rings (SSSR count). The molecule has 0 saturated carbocycles. The predicted octanol–water partition coefficient (Wildman–Crippen LogP) is 3.87. The lowest BCUT2D eigenvalue weighted by atomic mass is 10.1. The first kappa shape index (κ1) is 21.3. The average Bonchev–Trinajstić information content (AvgIpc) is 2.65. The smallest absolute Gasteiger partial charge is 0.408 e. The summed E-state index contributed by atoms with van der Waals surface area (Å²) in [6, 6.07) is 16.4. The number of esters is 1. The van der Waals surface area contributed by atoms with Gasteiger partial charge in [-0.25, -0.2) is 9.59 Å². The second-order valence-corrected chi connectivity index (χ2v) is 7.35. The minimum absolute atomic E-state index is 0.258. The van der Waals surface area contributed by atoms with Crippen molar-refractivity contribution in [2.75, 3.05) is 7.11 Å². The molecule has 0 unspecified atom stereocenters. The predicted molar refractivity (Wildman–Crippen MR) is 106 cm³/mol. The van der Waals surface area contributed by atoms with Gasteiger partial charge >= 0.3 is 12.1 Å². The van der Waals surface area contributed by atoms with Gasteiger partial charge in [0.1, 0.15) is 24.0 Å². The van der Waals surface area contributed by atoms with Gasteiger partial charge in [0.05, 0.1) is 7.11 Å². The van der Waals surface area contributed by atoms with Crippen LogP contribution in [0.4, 0.5) is 4.79 Å². The zero-order valence-corrected chi connectivity index (χ0v) is 16.7. The van der Waals surface area contributed by atoms with Gasteiger partial charge in [0.25, 0.3) is 0 Å². The van der Waals surface area contributed by atoms with Crippen LogP contribution < -0.4 is 10.1 Å². The van der Waals surface area contributed by atoms with Crippen LogP contribution in [-0.2, 0) is 27.3 Å². The lowest BCUT2D eigenvalue weighted by Gasteiger charge is -2.22. The highest BCUT2D eigenvalue weighted by atomic mass is 16.6. The minimum atomic E-state index is -0.857. The maximum Gasteiger partial charge on any atom is 0.408 e. The first-order chi connectivity index (χ1) is 13.3. The third kappa shape index (κ3) is 7.31. The summed E-state index contributed by atoms with van der Waals surface area (Å²) in [6.07, 6.45) is -0.409. The molecular weight excluding hydrogens is 358 g/mol. The average molecular weight is 385 g/mol. The third-order valence-corrected chi connectivity index (χ3v) is 3.76. The highest BCUT2D eigenvalue weighted by Gasteiger charge is 2.25. The van der Waals surface area contributed by atoms with Crippen molar-refractivity contribution < 1.29 is 23.8 Å². The Morgan fingerprint density at radius 1 is 1.00 bits per heavy atom. The van der Waals surface area contributed by atoms with E-state index in [0.29, 0.717) is 12.4 Å². The summed E-state index contributed by atoms with van der Waals surface area (Å²) in [5.41, 5.74) is 1.24. The number of carbonyl (C=O) groups is 2. The zero-order chi connectivity index (χ0) is 20.6. The van der Waals surface area contributed by atoms with Crippen LogP contribution in [0.3, 0.4) is 0 Å². The number of nitrogens with one attached hydrogen (secondary N) is 1. The normalized spacial score (nSPS) is 12.0. The second kappa shape index (κ2) is 9.78. The maximum atomic E-state index is 12.1. The van der Waals surface area contributed by atoms with Gasteiger partial charge in [0, 0.05) is 6.42 Å². The number of hydrogen-bond acceptors (Lipinski definition) is 5. The van der Waals surface area contributed by atoms with Crippen LogP contribution in [0.5, 0.6) is 5.75 Å². The maximum absolute atomic E-state index is 12.1. The third-order valence-electron chi connectivity index (χ3n) is 3.76. The molecule has 0 aliphatic rings. The van der Waals surface area contributed by atoms with Crippen molar-refractivity contribution in [3.8, 4) is 5.75 Å². The fourth-order valence-corrected chi connectivity index (χ4v) is 2.52. The SMILES string of the molecule is COC(=O)[C@@H](Cc1cccc(OCc2ccccc2)c1)NC(=O)OC(C)(C)C. The summed E-state index contributed by atoms with van der Waals surface area (Å²) in [5, 5.41) is 2.57. The van der Waals surface area contributed by atoms with Gasteiger partial charge in [-0.3, -0.25) is 0 Å². The van der Waals surface area contributed by atoms with Crippen LogP contribution in [0.15, 0.2) is 54.6 Å². The number of rotatable bonds is 7. The zero-order valence-electron chi connectivity index (χ0n) is 16.7. The van der Waals surface area contributed by atoms with E-state index < -0.39 is 23.7 Å². The summed E-state index contributed by atoms with van der Waals surface area (Å²) >= 11 is 0. The number of alkyl carbamates (subject to hydrolysis) is 1. The number of methoxy groups -OCH3 is 1. The van der Waals surface area contributed by atoms with Crippen LogP contribution >= 0.6 is 0 Å². The molecule has 1 atom stereocenters. The standard InChI is InChI=1S/C22H27NO5/c1-22(2,3)28-21(25)23-19(20(24)26-4)14-17-11-8-12-18(13-17)27-15-16-9-6-5-7-10-16/h5-13,19H,14-15H2,1-4H3,(H,23,25)/t19-/m1/s1. The molecule has 0 aliphatic carbocycles. The Balaban J connectivity index is 2.03. The highest BCUT2D eigenvalue weighted by molar-refractivity contribution is 5.81. The van der Waals surface area contributed by atoms with Crippen LogP contribution in [0.25, 0.3) is 0 Å². The van der Waals surface area contributed by atoms with E-state index in [1.54, 1.807) is 20.8 Å². The molecule has 1 N–H and O–H groups in total. The summed E-state index contributed by atoms with van der Waals surface area (Å²) < 4.78 is 15.9. The van der Waals surface area contributed by atoms with Crippen molar-refractivity contribution >= 4 is 12.1 Å². The molecule has 6 heteroatoms. The van der Waals surface area contributed by atoms with Crippen molar-refractivity contribution in [3.63, 3.8) is 0 Å². The summed E-state index contributed by atoms with van der Waals surface area (Å²) in [6.45, 7) is 5.72. The van der Waals surface area contributed by atoms with E-state index in [4.69, 9.17) is 14.2 Å². The molecule has 2 aromatic carbocycles.